The maximum Gasteiger partial charge on any atom is 0.307 e. The lowest BCUT2D eigenvalue weighted by Crippen LogP contribution is -1.99. The summed E-state index contributed by atoms with van der Waals surface area (Å²) in [6.45, 7) is 6.17. The standard InChI is InChI=1S/C12H16O2.C2H6/c1-2-3-4-10-5-7-11(8-6-10)9-12(13)14;1-2/h5-8H,2-4,9H2,1H3,(H,13,14);1-2H3. The number of benzene rings is 1. The Labute approximate surface area is 98.3 Å². The molecule has 2 heteroatoms. The number of hydrogen-bond donors (Lipinski definition) is 1. The van der Waals surface area contributed by atoms with Gasteiger partial charge in [0.25, 0.3) is 0 Å². The fraction of sp³-hybridized carbons (Fsp3) is 0.500. The maximum absolute atomic E-state index is 10.4. The van der Waals surface area contributed by atoms with Gasteiger partial charge in [-0.25, -0.2) is 0 Å². The normalized spacial score (nSPS) is 9.19. The Morgan fingerprint density at radius 2 is 1.62 bits per heavy atom. The Kier molecular flexibility index (Phi) is 8.22. The van der Waals surface area contributed by atoms with Crippen LogP contribution in [0, 0.1) is 0 Å². The molecule has 0 aliphatic heterocycles. The molecule has 0 unspecified atom stereocenters. The van der Waals surface area contributed by atoms with E-state index < -0.39 is 5.97 Å². The summed E-state index contributed by atoms with van der Waals surface area (Å²) in [4.78, 5) is 10.4. The van der Waals surface area contributed by atoms with Gasteiger partial charge in [0, 0.05) is 0 Å². The minimum absolute atomic E-state index is 0.119. The van der Waals surface area contributed by atoms with Crippen LogP contribution >= 0.6 is 0 Å². The molecule has 1 aromatic rings. The summed E-state index contributed by atoms with van der Waals surface area (Å²) in [7, 11) is 0. The molecule has 1 N–H and O–H groups in total. The molecule has 1 rings (SSSR count). The third-order valence-corrected chi connectivity index (χ3v) is 2.20. The van der Waals surface area contributed by atoms with Crippen LogP contribution in [0.1, 0.15) is 44.7 Å². The molecule has 0 aliphatic carbocycles. The molecule has 0 bridgehead atoms. The van der Waals surface area contributed by atoms with Crippen LogP contribution < -0.4 is 0 Å². The van der Waals surface area contributed by atoms with Crippen LogP contribution in [-0.2, 0) is 17.6 Å². The van der Waals surface area contributed by atoms with Crippen LogP contribution in [-0.4, -0.2) is 11.1 Å². The average Bonchev–Trinajstić information content (AvgIpc) is 2.30. The zero-order valence-corrected chi connectivity index (χ0v) is 10.5. The summed E-state index contributed by atoms with van der Waals surface area (Å²) in [5.41, 5.74) is 2.17. The lowest BCUT2D eigenvalue weighted by Gasteiger charge is -2.01. The Balaban J connectivity index is 0.00000106. The fourth-order valence-electron chi connectivity index (χ4n) is 1.38. The highest BCUT2D eigenvalue weighted by molar-refractivity contribution is 5.70. The number of carboxylic acid groups (broad SMARTS) is 1. The van der Waals surface area contributed by atoms with Gasteiger partial charge in [0.2, 0.25) is 0 Å². The van der Waals surface area contributed by atoms with Gasteiger partial charge in [0.05, 0.1) is 6.42 Å². The van der Waals surface area contributed by atoms with Gasteiger partial charge in [-0.1, -0.05) is 51.5 Å². The van der Waals surface area contributed by atoms with E-state index >= 15 is 0 Å². The van der Waals surface area contributed by atoms with E-state index in [0.29, 0.717) is 0 Å². The van der Waals surface area contributed by atoms with Crippen molar-refractivity contribution < 1.29 is 9.90 Å². The quantitative estimate of drug-likeness (QED) is 0.825. The Morgan fingerprint density at radius 3 is 2.06 bits per heavy atom. The van der Waals surface area contributed by atoms with Gasteiger partial charge in [0.1, 0.15) is 0 Å². The molecule has 0 aromatic heterocycles. The monoisotopic (exact) mass is 222 g/mol. The van der Waals surface area contributed by atoms with Crippen molar-refractivity contribution in [3.63, 3.8) is 0 Å². The van der Waals surface area contributed by atoms with Gasteiger partial charge in [0.15, 0.2) is 0 Å². The summed E-state index contributed by atoms with van der Waals surface area (Å²) >= 11 is 0. The van der Waals surface area contributed by atoms with Gasteiger partial charge in [-0.15, -0.1) is 0 Å². The summed E-state index contributed by atoms with van der Waals surface area (Å²) < 4.78 is 0. The van der Waals surface area contributed by atoms with Crippen molar-refractivity contribution >= 4 is 5.97 Å². The molecular weight excluding hydrogens is 200 g/mol. The number of carbonyl (C=O) groups is 1. The number of aryl methyl sites for hydroxylation is 1. The average molecular weight is 222 g/mol. The van der Waals surface area contributed by atoms with Gasteiger partial charge in [-0.2, -0.15) is 0 Å². The second kappa shape index (κ2) is 8.96. The Bertz CT molecular complexity index is 288. The number of carboxylic acids is 1. The molecule has 0 radical (unpaired) electrons. The molecule has 0 saturated carbocycles. The Morgan fingerprint density at radius 1 is 1.12 bits per heavy atom. The van der Waals surface area contributed by atoms with Crippen molar-refractivity contribution in [3.05, 3.63) is 35.4 Å². The molecule has 16 heavy (non-hydrogen) atoms. The highest BCUT2D eigenvalue weighted by Gasteiger charge is 1.99. The van der Waals surface area contributed by atoms with Crippen LogP contribution in [0.2, 0.25) is 0 Å². The van der Waals surface area contributed by atoms with Gasteiger partial charge in [-0.3, -0.25) is 4.79 Å². The molecule has 0 spiro atoms. The topological polar surface area (TPSA) is 37.3 Å². The SMILES string of the molecule is CC.CCCCc1ccc(CC(=O)O)cc1. The first-order chi connectivity index (χ1) is 7.72. The lowest BCUT2D eigenvalue weighted by atomic mass is 10.1. The molecule has 1 aromatic carbocycles. The Hall–Kier alpha value is -1.31. The van der Waals surface area contributed by atoms with Crippen LogP contribution in [0.15, 0.2) is 24.3 Å². The van der Waals surface area contributed by atoms with Crippen LogP contribution in [0.3, 0.4) is 0 Å². The summed E-state index contributed by atoms with van der Waals surface area (Å²) in [5.74, 6) is -0.772. The number of aliphatic carboxylic acids is 1. The molecule has 2 nitrogen and oxygen atoms in total. The van der Waals surface area contributed by atoms with Crippen molar-refractivity contribution in [3.8, 4) is 0 Å². The third-order valence-electron chi connectivity index (χ3n) is 2.20. The first kappa shape index (κ1) is 14.7. The van der Waals surface area contributed by atoms with Crippen molar-refractivity contribution in [1.82, 2.24) is 0 Å². The molecular formula is C14H22O2. The summed E-state index contributed by atoms with van der Waals surface area (Å²) in [6.07, 6.45) is 3.59. The molecule has 0 amide bonds. The zero-order chi connectivity index (χ0) is 12.4. The van der Waals surface area contributed by atoms with Gasteiger partial charge < -0.3 is 5.11 Å². The van der Waals surface area contributed by atoms with E-state index in [4.69, 9.17) is 5.11 Å². The second-order valence-corrected chi connectivity index (χ2v) is 3.49. The molecule has 0 atom stereocenters. The van der Waals surface area contributed by atoms with E-state index in [-0.39, 0.29) is 6.42 Å². The molecule has 90 valence electrons. The zero-order valence-electron chi connectivity index (χ0n) is 10.5. The highest BCUT2D eigenvalue weighted by atomic mass is 16.4. The first-order valence-corrected chi connectivity index (χ1v) is 6.02. The second-order valence-electron chi connectivity index (χ2n) is 3.49. The number of unbranched alkanes of at least 4 members (excludes halogenated alkanes) is 1. The van der Waals surface area contributed by atoms with E-state index in [9.17, 15) is 4.79 Å². The third kappa shape index (κ3) is 6.23. The van der Waals surface area contributed by atoms with E-state index in [1.165, 1.54) is 18.4 Å². The molecule has 0 aliphatic rings. The minimum Gasteiger partial charge on any atom is -0.481 e. The largest absolute Gasteiger partial charge is 0.481 e. The molecule has 0 saturated heterocycles. The van der Waals surface area contributed by atoms with E-state index in [1.54, 1.807) is 0 Å². The van der Waals surface area contributed by atoms with Crippen molar-refractivity contribution in [2.75, 3.05) is 0 Å². The van der Waals surface area contributed by atoms with Crippen molar-refractivity contribution in [2.45, 2.75) is 46.5 Å². The number of rotatable bonds is 5. The van der Waals surface area contributed by atoms with Gasteiger partial charge >= 0.3 is 5.97 Å². The summed E-state index contributed by atoms with van der Waals surface area (Å²) in [6, 6.07) is 7.85. The van der Waals surface area contributed by atoms with E-state index in [1.807, 2.05) is 38.1 Å². The fourth-order valence-corrected chi connectivity index (χ4v) is 1.38. The van der Waals surface area contributed by atoms with Crippen LogP contribution in [0.5, 0.6) is 0 Å². The highest BCUT2D eigenvalue weighted by Crippen LogP contribution is 2.08. The van der Waals surface area contributed by atoms with Crippen molar-refractivity contribution in [2.24, 2.45) is 0 Å². The molecule has 0 heterocycles. The minimum atomic E-state index is -0.772. The predicted molar refractivity (Wildman–Crippen MR) is 67.7 cm³/mol. The smallest absolute Gasteiger partial charge is 0.307 e. The molecule has 0 fully saturated rings. The summed E-state index contributed by atoms with van der Waals surface area (Å²) in [5, 5.41) is 8.58. The van der Waals surface area contributed by atoms with Crippen molar-refractivity contribution in [1.29, 1.82) is 0 Å². The predicted octanol–water partition coefficient (Wildman–Crippen LogP) is 3.68. The van der Waals surface area contributed by atoms with Gasteiger partial charge in [-0.05, 0) is 24.0 Å². The van der Waals surface area contributed by atoms with E-state index in [0.717, 1.165) is 12.0 Å². The lowest BCUT2D eigenvalue weighted by molar-refractivity contribution is -0.136. The first-order valence-electron chi connectivity index (χ1n) is 6.02. The van der Waals surface area contributed by atoms with Crippen LogP contribution in [0.4, 0.5) is 0 Å². The maximum atomic E-state index is 10.4. The van der Waals surface area contributed by atoms with Crippen LogP contribution in [0.25, 0.3) is 0 Å². The number of hydrogen-bond acceptors (Lipinski definition) is 1. The van der Waals surface area contributed by atoms with E-state index in [2.05, 4.69) is 6.92 Å².